The number of benzene rings is 4. The van der Waals surface area contributed by atoms with Gasteiger partial charge in [0.15, 0.2) is 28.9 Å². The standard InChI is InChI=1S/C41H20N2O5S4/c1-41(2)29-35(51-39-36(29)49-27(42-39)15-25-30(44)21-11-17-7-3-4-8-18(17)12-22(21)31(25)45)37-34(48-41)38-40(52-37)43-28(50-38)16-26-32(46)23-13-19-9-5-6-10-20(19)14-24(23)33(26)47/h3-16H,1-2H3. The molecule has 7 nitrogen and oxygen atoms in total. The lowest BCUT2D eigenvalue weighted by molar-refractivity contribution is 0.0975. The number of nitrogens with zero attached hydrogens (tertiary/aromatic N) is 2. The Morgan fingerprint density at radius 2 is 0.962 bits per heavy atom. The first-order chi connectivity index (χ1) is 25.1. The minimum absolute atomic E-state index is 0.123. The van der Waals surface area contributed by atoms with E-state index in [1.165, 1.54) is 34.0 Å². The molecular formula is C41H20N2O5S4. The van der Waals surface area contributed by atoms with E-state index in [4.69, 9.17) is 14.7 Å². The van der Waals surface area contributed by atoms with Crippen LogP contribution in [-0.4, -0.2) is 33.1 Å². The minimum Gasteiger partial charge on any atom is -0.480 e. The SMILES string of the molecule is CC1(C)Oc2c(sc3nc(C=C4C(=O)c5cc6ccccc6cc5C4=O)sc23)-c2sc3nc(C=C4C(=O)c5cc6ccccc6cc5C4=O)sc3c21. The highest BCUT2D eigenvalue weighted by molar-refractivity contribution is 7.34. The fourth-order valence-corrected chi connectivity index (χ4v) is 12.6. The summed E-state index contributed by atoms with van der Waals surface area (Å²) in [6.07, 6.45) is 3.24. The first kappa shape index (κ1) is 30.2. The van der Waals surface area contributed by atoms with Gasteiger partial charge in [0.05, 0.1) is 25.6 Å². The molecule has 0 atom stereocenters. The largest absolute Gasteiger partial charge is 0.480 e. The quantitative estimate of drug-likeness (QED) is 0.128. The number of hydrogen-bond acceptors (Lipinski definition) is 11. The van der Waals surface area contributed by atoms with Crippen LogP contribution >= 0.6 is 45.3 Å². The molecule has 1 aliphatic heterocycles. The maximum Gasteiger partial charge on any atom is 0.197 e. The van der Waals surface area contributed by atoms with Crippen LogP contribution in [0.3, 0.4) is 0 Å². The van der Waals surface area contributed by atoms with Gasteiger partial charge in [-0.3, -0.25) is 19.2 Å². The van der Waals surface area contributed by atoms with Crippen molar-refractivity contribution < 1.29 is 23.9 Å². The molecule has 0 N–H and O–H groups in total. The molecule has 52 heavy (non-hydrogen) atoms. The first-order valence-electron chi connectivity index (χ1n) is 16.4. The topological polar surface area (TPSA) is 103 Å². The number of Topliss-reactive ketones (excluding diaryl/α,β-unsaturated/α-hetero) is 4. The van der Waals surface area contributed by atoms with Gasteiger partial charge in [0, 0.05) is 27.8 Å². The average molecular weight is 749 g/mol. The molecule has 5 heterocycles. The van der Waals surface area contributed by atoms with Gasteiger partial charge in [-0.05, 0) is 71.8 Å². The number of ether oxygens (including phenoxy) is 1. The fraction of sp³-hybridized carbons (Fsp3) is 0.0732. The molecule has 0 spiro atoms. The molecule has 0 amide bonds. The van der Waals surface area contributed by atoms with E-state index in [0.29, 0.717) is 32.3 Å². The van der Waals surface area contributed by atoms with Crippen LogP contribution in [0.15, 0.2) is 83.9 Å². The third-order valence-electron chi connectivity index (χ3n) is 9.92. The maximum atomic E-state index is 13.4. The van der Waals surface area contributed by atoms with E-state index in [1.807, 2.05) is 62.4 Å². The molecule has 248 valence electrons. The average Bonchev–Trinajstić information content (AvgIpc) is 3.95. The second kappa shape index (κ2) is 10.3. The molecule has 0 saturated carbocycles. The highest BCUT2D eigenvalue weighted by atomic mass is 32.1. The van der Waals surface area contributed by atoms with E-state index in [1.54, 1.807) is 47.8 Å². The number of ketones is 4. The Labute approximate surface area is 310 Å². The molecule has 3 aliphatic rings. The van der Waals surface area contributed by atoms with Gasteiger partial charge in [0.25, 0.3) is 0 Å². The summed E-state index contributed by atoms with van der Waals surface area (Å²) in [6.45, 7) is 4.04. The molecule has 0 saturated heterocycles. The number of fused-ring (bicyclic) bond motifs is 11. The minimum atomic E-state index is -0.718. The van der Waals surface area contributed by atoms with Crippen LogP contribution in [0.1, 0.15) is 70.9 Å². The van der Waals surface area contributed by atoms with Crippen LogP contribution < -0.4 is 4.74 Å². The lowest BCUT2D eigenvalue weighted by Crippen LogP contribution is -2.27. The molecule has 0 fully saturated rings. The summed E-state index contributed by atoms with van der Waals surface area (Å²) in [6, 6.07) is 22.6. The molecule has 11 rings (SSSR count). The van der Waals surface area contributed by atoms with Crippen LogP contribution in [-0.2, 0) is 5.60 Å². The van der Waals surface area contributed by atoms with Crippen molar-refractivity contribution in [2.24, 2.45) is 0 Å². The zero-order chi connectivity index (χ0) is 35.2. The summed E-state index contributed by atoms with van der Waals surface area (Å²) < 4.78 is 8.56. The summed E-state index contributed by atoms with van der Waals surface area (Å²) in [7, 11) is 0. The number of hydrogen-bond donors (Lipinski definition) is 0. The summed E-state index contributed by atoms with van der Waals surface area (Å²) >= 11 is 5.94. The Morgan fingerprint density at radius 1 is 0.558 bits per heavy atom. The van der Waals surface area contributed by atoms with E-state index >= 15 is 0 Å². The van der Waals surface area contributed by atoms with Crippen LogP contribution in [0.4, 0.5) is 0 Å². The van der Waals surface area contributed by atoms with E-state index in [0.717, 1.165) is 61.7 Å². The second-order valence-corrected chi connectivity index (χ2v) is 17.5. The van der Waals surface area contributed by atoms with E-state index in [2.05, 4.69) is 0 Å². The molecule has 4 aromatic carbocycles. The van der Waals surface area contributed by atoms with Gasteiger partial charge in [-0.1, -0.05) is 48.5 Å². The summed E-state index contributed by atoms with van der Waals surface area (Å²) in [5.74, 6) is -0.383. The van der Waals surface area contributed by atoms with Crippen molar-refractivity contribution in [3.63, 3.8) is 0 Å². The van der Waals surface area contributed by atoms with Crippen LogP contribution in [0.5, 0.6) is 5.75 Å². The van der Waals surface area contributed by atoms with E-state index < -0.39 is 5.60 Å². The third kappa shape index (κ3) is 4.10. The maximum absolute atomic E-state index is 13.4. The van der Waals surface area contributed by atoms with Gasteiger partial charge in [0.1, 0.15) is 30.0 Å². The van der Waals surface area contributed by atoms with Crippen molar-refractivity contribution in [2.75, 3.05) is 0 Å². The second-order valence-electron chi connectivity index (χ2n) is 13.5. The number of aromatic nitrogens is 2. The van der Waals surface area contributed by atoms with Crippen LogP contribution in [0, 0.1) is 0 Å². The van der Waals surface area contributed by atoms with Crippen molar-refractivity contribution in [1.82, 2.24) is 9.97 Å². The zero-order valence-corrected chi connectivity index (χ0v) is 30.4. The van der Waals surface area contributed by atoms with Crippen molar-refractivity contribution in [1.29, 1.82) is 0 Å². The molecule has 0 bridgehead atoms. The molecular weight excluding hydrogens is 729 g/mol. The molecule has 0 unspecified atom stereocenters. The number of carbonyl (C=O) groups is 4. The molecule has 4 aromatic heterocycles. The number of thiophene rings is 2. The first-order valence-corrected chi connectivity index (χ1v) is 19.6. The normalized spacial score (nSPS) is 15.9. The Morgan fingerprint density at radius 3 is 1.42 bits per heavy atom. The number of allylic oxidation sites excluding steroid dienone is 2. The third-order valence-corrected chi connectivity index (χ3v) is 14.5. The number of thiazole rings is 2. The summed E-state index contributed by atoms with van der Waals surface area (Å²) in [5.41, 5.74) is 2.26. The van der Waals surface area contributed by atoms with Gasteiger partial charge < -0.3 is 4.74 Å². The molecule has 11 heteroatoms. The Hall–Kier alpha value is -5.46. The monoisotopic (exact) mass is 748 g/mol. The predicted molar refractivity (Wildman–Crippen MR) is 209 cm³/mol. The van der Waals surface area contributed by atoms with Gasteiger partial charge in [-0.25, -0.2) is 9.97 Å². The van der Waals surface area contributed by atoms with Gasteiger partial charge >= 0.3 is 0 Å². The Balaban J connectivity index is 0.949. The predicted octanol–water partition coefficient (Wildman–Crippen LogP) is 10.6. The lowest BCUT2D eigenvalue weighted by Gasteiger charge is -2.31. The van der Waals surface area contributed by atoms with Gasteiger partial charge in [0.2, 0.25) is 0 Å². The van der Waals surface area contributed by atoms with E-state index in [9.17, 15) is 19.2 Å². The number of rotatable bonds is 2. The van der Waals surface area contributed by atoms with Crippen molar-refractivity contribution in [2.45, 2.75) is 19.4 Å². The fourth-order valence-electron chi connectivity index (χ4n) is 7.49. The van der Waals surface area contributed by atoms with E-state index in [-0.39, 0.29) is 34.3 Å². The van der Waals surface area contributed by atoms with Gasteiger partial charge in [-0.15, -0.1) is 45.3 Å². The lowest BCUT2D eigenvalue weighted by atomic mass is 9.95. The molecule has 8 aromatic rings. The Bertz CT molecular complexity index is 3000. The van der Waals surface area contributed by atoms with Crippen molar-refractivity contribution in [3.8, 4) is 15.5 Å². The smallest absolute Gasteiger partial charge is 0.197 e. The molecule has 0 radical (unpaired) electrons. The van der Waals surface area contributed by atoms with Crippen LogP contribution in [0.25, 0.3) is 62.5 Å². The number of carbonyl (C=O) groups excluding carboxylic acids is 4. The zero-order valence-electron chi connectivity index (χ0n) is 27.2. The Kier molecular flexibility index (Phi) is 6.00. The van der Waals surface area contributed by atoms with Crippen LogP contribution in [0.2, 0.25) is 0 Å². The molecule has 2 aliphatic carbocycles. The van der Waals surface area contributed by atoms with Crippen molar-refractivity contribution >= 4 is 121 Å². The summed E-state index contributed by atoms with van der Waals surface area (Å²) in [5, 5.41) is 4.84. The van der Waals surface area contributed by atoms with Gasteiger partial charge in [-0.2, -0.15) is 0 Å². The highest BCUT2D eigenvalue weighted by Gasteiger charge is 2.41. The summed E-state index contributed by atoms with van der Waals surface area (Å²) in [4.78, 5) is 67.0. The van der Waals surface area contributed by atoms with Crippen molar-refractivity contribution in [3.05, 3.63) is 122 Å². The highest BCUT2D eigenvalue weighted by Crippen LogP contribution is 2.59.